The summed E-state index contributed by atoms with van der Waals surface area (Å²) in [7, 11) is 0. The van der Waals surface area contributed by atoms with Crippen LogP contribution in [0.5, 0.6) is 0 Å². The molecule has 1 aliphatic rings. The molecular formula is C10H16N2O. The first-order valence-electron chi connectivity index (χ1n) is 4.89. The van der Waals surface area contributed by atoms with Crippen molar-refractivity contribution in [2.45, 2.75) is 6.42 Å². The first-order valence-corrected chi connectivity index (χ1v) is 4.89. The van der Waals surface area contributed by atoms with Gasteiger partial charge in [0.15, 0.2) is 0 Å². The lowest BCUT2D eigenvalue weighted by molar-refractivity contribution is 0.244. The summed E-state index contributed by atoms with van der Waals surface area (Å²) >= 11 is 0. The van der Waals surface area contributed by atoms with Crippen LogP contribution in [0.1, 0.15) is 5.56 Å². The van der Waals surface area contributed by atoms with Crippen LogP contribution in [0.4, 0.5) is 0 Å². The van der Waals surface area contributed by atoms with Gasteiger partial charge in [-0.05, 0) is 18.1 Å². The van der Waals surface area contributed by atoms with Crippen LogP contribution >= 0.6 is 0 Å². The third-order valence-corrected chi connectivity index (χ3v) is 2.51. The molecule has 0 aliphatic carbocycles. The summed E-state index contributed by atoms with van der Waals surface area (Å²) in [6.45, 7) is 5.77. The predicted molar refractivity (Wildman–Crippen MR) is 51.7 cm³/mol. The van der Waals surface area contributed by atoms with E-state index in [9.17, 15) is 0 Å². The predicted octanol–water partition coefficient (Wildman–Crippen LogP) is 0.727. The van der Waals surface area contributed by atoms with Crippen LogP contribution in [0.25, 0.3) is 0 Å². The molecule has 0 atom stereocenters. The van der Waals surface area contributed by atoms with Gasteiger partial charge in [-0.2, -0.15) is 0 Å². The largest absolute Gasteiger partial charge is 0.472 e. The Hall–Kier alpha value is -0.800. The van der Waals surface area contributed by atoms with Crippen LogP contribution in [0.15, 0.2) is 23.0 Å². The highest BCUT2D eigenvalue weighted by atomic mass is 16.3. The van der Waals surface area contributed by atoms with Gasteiger partial charge in [0.05, 0.1) is 12.5 Å². The summed E-state index contributed by atoms with van der Waals surface area (Å²) in [5.74, 6) is 0. The zero-order valence-corrected chi connectivity index (χ0v) is 7.83. The Morgan fingerprint density at radius 2 is 2.23 bits per heavy atom. The molecule has 2 rings (SSSR count). The van der Waals surface area contributed by atoms with E-state index in [2.05, 4.69) is 10.2 Å². The smallest absolute Gasteiger partial charge is 0.0934 e. The molecule has 0 amide bonds. The van der Waals surface area contributed by atoms with Crippen molar-refractivity contribution in [2.24, 2.45) is 0 Å². The standard InChI is InChI=1S/C10H16N2O/c1(10-2-8-13-9-10)5-12-6-3-11-4-7-12/h2,8-9,11H,1,3-7H2. The summed E-state index contributed by atoms with van der Waals surface area (Å²) in [5.41, 5.74) is 1.30. The SMILES string of the molecule is c1cc(CCN2CCNCC2)co1. The molecule has 0 unspecified atom stereocenters. The van der Waals surface area contributed by atoms with Gasteiger partial charge in [0.2, 0.25) is 0 Å². The van der Waals surface area contributed by atoms with Crippen molar-refractivity contribution in [2.75, 3.05) is 32.7 Å². The summed E-state index contributed by atoms with van der Waals surface area (Å²) in [5, 5.41) is 3.35. The lowest BCUT2D eigenvalue weighted by Crippen LogP contribution is -2.44. The second-order valence-electron chi connectivity index (χ2n) is 3.47. The highest BCUT2D eigenvalue weighted by molar-refractivity contribution is 5.05. The van der Waals surface area contributed by atoms with Crippen molar-refractivity contribution in [1.82, 2.24) is 10.2 Å². The molecule has 0 saturated carbocycles. The average molecular weight is 180 g/mol. The number of rotatable bonds is 3. The van der Waals surface area contributed by atoms with Crippen molar-refractivity contribution in [3.8, 4) is 0 Å². The highest BCUT2D eigenvalue weighted by Crippen LogP contribution is 2.02. The molecular weight excluding hydrogens is 164 g/mol. The molecule has 1 saturated heterocycles. The van der Waals surface area contributed by atoms with Crippen molar-refractivity contribution in [3.63, 3.8) is 0 Å². The van der Waals surface area contributed by atoms with Gasteiger partial charge in [-0.25, -0.2) is 0 Å². The number of nitrogens with zero attached hydrogens (tertiary/aromatic N) is 1. The molecule has 72 valence electrons. The maximum Gasteiger partial charge on any atom is 0.0934 e. The Morgan fingerprint density at radius 1 is 1.38 bits per heavy atom. The van der Waals surface area contributed by atoms with E-state index in [1.54, 1.807) is 6.26 Å². The van der Waals surface area contributed by atoms with Crippen LogP contribution in [-0.2, 0) is 6.42 Å². The highest BCUT2D eigenvalue weighted by Gasteiger charge is 2.08. The molecule has 1 aromatic heterocycles. The monoisotopic (exact) mass is 180 g/mol. The van der Waals surface area contributed by atoms with Gasteiger partial charge in [0, 0.05) is 32.7 Å². The van der Waals surface area contributed by atoms with Crippen LogP contribution in [0.2, 0.25) is 0 Å². The Morgan fingerprint density at radius 3 is 2.92 bits per heavy atom. The van der Waals surface area contributed by atoms with Crippen molar-refractivity contribution in [1.29, 1.82) is 0 Å². The minimum absolute atomic E-state index is 1.11. The van der Waals surface area contributed by atoms with Gasteiger partial charge in [-0.3, -0.25) is 0 Å². The third kappa shape index (κ3) is 2.57. The zero-order chi connectivity index (χ0) is 8.93. The number of hydrogen-bond donors (Lipinski definition) is 1. The second-order valence-corrected chi connectivity index (χ2v) is 3.47. The Balaban J connectivity index is 1.72. The molecule has 0 aromatic carbocycles. The molecule has 1 aromatic rings. The van der Waals surface area contributed by atoms with Crippen molar-refractivity contribution >= 4 is 0 Å². The molecule has 0 radical (unpaired) electrons. The maximum atomic E-state index is 5.02. The van der Waals surface area contributed by atoms with E-state index in [0.717, 1.165) is 26.1 Å². The maximum absolute atomic E-state index is 5.02. The van der Waals surface area contributed by atoms with E-state index in [-0.39, 0.29) is 0 Å². The Labute approximate surface area is 78.7 Å². The van der Waals surface area contributed by atoms with Gasteiger partial charge in [-0.1, -0.05) is 0 Å². The van der Waals surface area contributed by atoms with Gasteiger partial charge in [0.25, 0.3) is 0 Å². The summed E-state index contributed by atoms with van der Waals surface area (Å²) in [4.78, 5) is 2.49. The fourth-order valence-electron chi connectivity index (χ4n) is 1.66. The van der Waals surface area contributed by atoms with E-state index < -0.39 is 0 Å². The molecule has 0 bridgehead atoms. The summed E-state index contributed by atoms with van der Waals surface area (Å²) < 4.78 is 5.02. The Bertz CT molecular complexity index is 227. The quantitative estimate of drug-likeness (QED) is 0.743. The van der Waals surface area contributed by atoms with Gasteiger partial charge < -0.3 is 14.6 Å². The molecule has 1 aliphatic heterocycles. The lowest BCUT2D eigenvalue weighted by atomic mass is 10.2. The van der Waals surface area contributed by atoms with E-state index in [1.807, 2.05) is 12.3 Å². The number of piperazine rings is 1. The fourth-order valence-corrected chi connectivity index (χ4v) is 1.66. The molecule has 2 heterocycles. The van der Waals surface area contributed by atoms with Gasteiger partial charge in [-0.15, -0.1) is 0 Å². The summed E-state index contributed by atoms with van der Waals surface area (Å²) in [6.07, 6.45) is 4.69. The molecule has 3 nitrogen and oxygen atoms in total. The Kier molecular flexibility index (Phi) is 3.00. The summed E-state index contributed by atoms with van der Waals surface area (Å²) in [6, 6.07) is 2.04. The minimum atomic E-state index is 1.11. The van der Waals surface area contributed by atoms with E-state index in [1.165, 1.54) is 18.7 Å². The normalized spacial score (nSPS) is 19.1. The second kappa shape index (κ2) is 4.44. The first kappa shape index (κ1) is 8.78. The van der Waals surface area contributed by atoms with Crippen LogP contribution in [0, 0.1) is 0 Å². The minimum Gasteiger partial charge on any atom is -0.472 e. The first-order chi connectivity index (χ1) is 6.45. The van der Waals surface area contributed by atoms with Gasteiger partial charge >= 0.3 is 0 Å². The molecule has 13 heavy (non-hydrogen) atoms. The number of furan rings is 1. The third-order valence-electron chi connectivity index (χ3n) is 2.51. The van der Waals surface area contributed by atoms with E-state index in [0.29, 0.717) is 0 Å². The van der Waals surface area contributed by atoms with E-state index in [4.69, 9.17) is 4.42 Å². The average Bonchev–Trinajstić information content (AvgIpc) is 2.69. The molecule has 1 fully saturated rings. The van der Waals surface area contributed by atoms with Crippen molar-refractivity contribution < 1.29 is 4.42 Å². The lowest BCUT2D eigenvalue weighted by Gasteiger charge is -2.26. The van der Waals surface area contributed by atoms with Crippen LogP contribution in [0.3, 0.4) is 0 Å². The van der Waals surface area contributed by atoms with E-state index >= 15 is 0 Å². The topological polar surface area (TPSA) is 28.4 Å². The van der Waals surface area contributed by atoms with Crippen LogP contribution in [-0.4, -0.2) is 37.6 Å². The number of nitrogens with one attached hydrogen (secondary N) is 1. The molecule has 3 heteroatoms. The van der Waals surface area contributed by atoms with Gasteiger partial charge in [0.1, 0.15) is 0 Å². The molecule has 0 spiro atoms. The van der Waals surface area contributed by atoms with Crippen molar-refractivity contribution in [3.05, 3.63) is 24.2 Å². The molecule has 1 N–H and O–H groups in total. The fraction of sp³-hybridized carbons (Fsp3) is 0.600. The number of hydrogen-bond acceptors (Lipinski definition) is 3. The zero-order valence-electron chi connectivity index (χ0n) is 7.83. The van der Waals surface area contributed by atoms with Crippen LogP contribution < -0.4 is 5.32 Å².